The van der Waals surface area contributed by atoms with Crippen molar-refractivity contribution in [1.82, 2.24) is 0 Å². The largest absolute Gasteiger partial charge is 0.321 e. The Morgan fingerprint density at radius 1 is 1.18 bits per heavy atom. The maximum atomic E-state index is 12.0. The van der Waals surface area contributed by atoms with Crippen LogP contribution in [0.1, 0.15) is 20.8 Å². The summed E-state index contributed by atoms with van der Waals surface area (Å²) in [6.07, 6.45) is 0. The molecule has 1 aromatic rings. The zero-order valence-electron chi connectivity index (χ0n) is 11.0. The molecule has 1 radical (unpaired) electrons. The van der Waals surface area contributed by atoms with Crippen molar-refractivity contribution in [3.05, 3.63) is 30.3 Å². The van der Waals surface area contributed by atoms with Gasteiger partial charge in [-0.15, -0.1) is 0 Å². The molecule has 3 nitrogen and oxygen atoms in total. The fourth-order valence-electron chi connectivity index (χ4n) is 1.98. The summed E-state index contributed by atoms with van der Waals surface area (Å²) in [5.74, 6) is 0.0850. The van der Waals surface area contributed by atoms with E-state index in [0.29, 0.717) is 6.54 Å². The second kappa shape index (κ2) is 6.40. The lowest BCUT2D eigenvalue weighted by molar-refractivity contribution is -0.915. The van der Waals surface area contributed by atoms with Crippen LogP contribution in [-0.2, 0) is 4.79 Å². The number of likely N-dealkylation sites (N-methyl/N-ethyl adjacent to an activating group) is 1. The number of anilines is 1. The van der Waals surface area contributed by atoms with Gasteiger partial charge in [-0.3, -0.25) is 4.79 Å². The number of benzene rings is 1. The summed E-state index contributed by atoms with van der Waals surface area (Å²) in [4.78, 5) is 12.0. The van der Waals surface area contributed by atoms with Crippen molar-refractivity contribution in [2.45, 2.75) is 20.8 Å². The van der Waals surface area contributed by atoms with Crippen molar-refractivity contribution >= 4 is 11.6 Å². The van der Waals surface area contributed by atoms with E-state index in [2.05, 4.69) is 32.2 Å². The minimum Gasteiger partial charge on any atom is -0.321 e. The first kappa shape index (κ1) is 13.7. The molecule has 93 valence electrons. The fourth-order valence-corrected chi connectivity index (χ4v) is 1.98. The minimum atomic E-state index is 0.0850. The number of amides is 1. The first-order valence-corrected chi connectivity index (χ1v) is 6.27. The van der Waals surface area contributed by atoms with E-state index in [4.69, 9.17) is 0 Å². The summed E-state index contributed by atoms with van der Waals surface area (Å²) in [6.45, 7) is 9.92. The Labute approximate surface area is 104 Å². The van der Waals surface area contributed by atoms with Crippen LogP contribution in [-0.4, -0.2) is 36.6 Å². The number of nitrogens with zero attached hydrogens (tertiary/aromatic N) is 1. The van der Waals surface area contributed by atoms with Crippen molar-refractivity contribution in [1.29, 1.82) is 0 Å². The van der Waals surface area contributed by atoms with Gasteiger partial charge in [0.1, 0.15) is 0 Å². The normalized spacial score (nSPS) is 11.2. The van der Waals surface area contributed by atoms with E-state index in [-0.39, 0.29) is 5.91 Å². The van der Waals surface area contributed by atoms with E-state index < -0.39 is 0 Å². The molecule has 1 aromatic carbocycles. The summed E-state index contributed by atoms with van der Waals surface area (Å²) < 4.78 is 0.838. The van der Waals surface area contributed by atoms with Gasteiger partial charge in [0.2, 0.25) is 0 Å². The van der Waals surface area contributed by atoms with Gasteiger partial charge in [0, 0.05) is 5.69 Å². The molecule has 0 atom stereocenters. The Kier molecular flexibility index (Phi) is 5.16. The number of hydrogen-bond donors (Lipinski definition) is 1. The number of nitrogens with one attached hydrogen (secondary N) is 1. The quantitative estimate of drug-likeness (QED) is 0.752. The Morgan fingerprint density at radius 2 is 1.71 bits per heavy atom. The highest BCUT2D eigenvalue weighted by atomic mass is 16.2. The molecule has 0 saturated carbocycles. The minimum absolute atomic E-state index is 0.0850. The molecule has 0 aliphatic rings. The summed E-state index contributed by atoms with van der Waals surface area (Å²) >= 11 is 0. The molecule has 0 aliphatic heterocycles. The van der Waals surface area contributed by atoms with Crippen LogP contribution in [0.2, 0.25) is 0 Å². The molecule has 0 spiro atoms. The monoisotopic (exact) mass is 234 g/mol. The van der Waals surface area contributed by atoms with Gasteiger partial charge in [0.25, 0.3) is 5.91 Å². The van der Waals surface area contributed by atoms with E-state index in [1.165, 1.54) is 0 Å². The summed E-state index contributed by atoms with van der Waals surface area (Å²) in [6, 6.07) is 10.3. The lowest BCUT2D eigenvalue weighted by Gasteiger charge is -2.34. The molecule has 1 N–H and O–H groups in total. The highest BCUT2D eigenvalue weighted by Gasteiger charge is 2.24. The molecule has 17 heavy (non-hydrogen) atoms. The van der Waals surface area contributed by atoms with E-state index in [1.807, 2.05) is 12.1 Å². The summed E-state index contributed by atoms with van der Waals surface area (Å²) in [5, 5.41) is 2.93. The van der Waals surface area contributed by atoms with Crippen molar-refractivity contribution in [2.24, 2.45) is 0 Å². The Balaban J connectivity index is 2.60. The van der Waals surface area contributed by atoms with Crippen LogP contribution in [0.15, 0.2) is 24.3 Å². The molecule has 1 rings (SSSR count). The molecule has 1 amide bonds. The average molecular weight is 234 g/mol. The van der Waals surface area contributed by atoms with Gasteiger partial charge < -0.3 is 9.80 Å². The molecular weight excluding hydrogens is 212 g/mol. The van der Waals surface area contributed by atoms with Gasteiger partial charge in [-0.25, -0.2) is 0 Å². The summed E-state index contributed by atoms with van der Waals surface area (Å²) in [5.41, 5.74) is 0.843. The highest BCUT2D eigenvalue weighted by molar-refractivity contribution is 5.91. The van der Waals surface area contributed by atoms with Gasteiger partial charge in [-0.2, -0.15) is 0 Å². The predicted octanol–water partition coefficient (Wildman–Crippen LogP) is 2.30. The molecule has 0 fully saturated rings. The van der Waals surface area contributed by atoms with Crippen LogP contribution in [0.3, 0.4) is 0 Å². The number of hydrogen-bond acceptors (Lipinski definition) is 1. The maximum Gasteiger partial charge on any atom is 0.279 e. The second-order valence-corrected chi connectivity index (χ2v) is 4.29. The summed E-state index contributed by atoms with van der Waals surface area (Å²) in [7, 11) is 0. The van der Waals surface area contributed by atoms with Gasteiger partial charge >= 0.3 is 0 Å². The van der Waals surface area contributed by atoms with Gasteiger partial charge in [-0.1, -0.05) is 12.1 Å². The second-order valence-electron chi connectivity index (χ2n) is 4.29. The first-order chi connectivity index (χ1) is 8.15. The van der Waals surface area contributed by atoms with E-state index in [9.17, 15) is 4.79 Å². The third-order valence-corrected chi connectivity index (χ3v) is 3.49. The van der Waals surface area contributed by atoms with Crippen LogP contribution in [0.5, 0.6) is 0 Å². The van der Waals surface area contributed by atoms with Gasteiger partial charge in [0.15, 0.2) is 6.54 Å². The molecule has 0 bridgehead atoms. The third kappa shape index (κ3) is 3.86. The van der Waals surface area contributed by atoms with Crippen molar-refractivity contribution in [3.8, 4) is 0 Å². The molecule has 0 aliphatic carbocycles. The molecule has 0 aromatic heterocycles. The Morgan fingerprint density at radius 3 is 2.18 bits per heavy atom. The van der Waals surface area contributed by atoms with Crippen LogP contribution in [0.25, 0.3) is 0 Å². The van der Waals surface area contributed by atoms with Crippen LogP contribution in [0, 0.1) is 6.07 Å². The molecule has 0 unspecified atom stereocenters. The van der Waals surface area contributed by atoms with E-state index in [1.54, 1.807) is 12.1 Å². The van der Waals surface area contributed by atoms with Crippen molar-refractivity contribution < 1.29 is 9.28 Å². The standard InChI is InChI=1S/C14H21N2O/c1-4-16(5-2,6-3)12-14(17)15-13-10-8-7-9-11-13/h8-11H,4-6,12H2,1-3H3/p+1. The molecule has 0 heterocycles. The predicted molar refractivity (Wildman–Crippen MR) is 70.7 cm³/mol. The van der Waals surface area contributed by atoms with Gasteiger partial charge in [-0.05, 0) is 39.0 Å². The third-order valence-electron chi connectivity index (χ3n) is 3.49. The number of carbonyl (C=O) groups excluding carboxylic acids is 1. The molecule has 0 saturated heterocycles. The van der Waals surface area contributed by atoms with Crippen molar-refractivity contribution in [2.75, 3.05) is 31.5 Å². The van der Waals surface area contributed by atoms with Crippen LogP contribution >= 0.6 is 0 Å². The van der Waals surface area contributed by atoms with Crippen molar-refractivity contribution in [3.63, 3.8) is 0 Å². The lowest BCUT2D eigenvalue weighted by atomic mass is 10.3. The Hall–Kier alpha value is -1.35. The van der Waals surface area contributed by atoms with E-state index in [0.717, 1.165) is 29.8 Å². The lowest BCUT2D eigenvalue weighted by Crippen LogP contribution is -2.51. The van der Waals surface area contributed by atoms with Crippen LogP contribution in [0.4, 0.5) is 5.69 Å². The zero-order valence-corrected chi connectivity index (χ0v) is 11.0. The molecule has 3 heteroatoms. The fraction of sp³-hybridized carbons (Fsp3) is 0.500. The number of rotatable bonds is 6. The first-order valence-electron chi connectivity index (χ1n) is 6.27. The Bertz CT molecular complexity index is 336. The van der Waals surface area contributed by atoms with Crippen LogP contribution < -0.4 is 5.32 Å². The smallest absolute Gasteiger partial charge is 0.279 e. The highest BCUT2D eigenvalue weighted by Crippen LogP contribution is 2.08. The topological polar surface area (TPSA) is 29.1 Å². The van der Waals surface area contributed by atoms with Gasteiger partial charge in [0.05, 0.1) is 19.6 Å². The zero-order chi connectivity index (χ0) is 12.7. The number of quaternary nitrogens is 1. The van der Waals surface area contributed by atoms with E-state index >= 15 is 0 Å². The average Bonchev–Trinajstić information content (AvgIpc) is 2.37. The SMILES string of the molecule is CC[N+](CC)(CC)CC(=O)Nc1cc[c]cc1. The number of carbonyl (C=O) groups is 1. The molecular formula is C14H22N2O+. The maximum absolute atomic E-state index is 12.0.